The van der Waals surface area contributed by atoms with Gasteiger partial charge in [0, 0.05) is 22.9 Å². The van der Waals surface area contributed by atoms with Crippen LogP contribution in [0.4, 0.5) is 16.2 Å². The molecule has 0 fully saturated rings. The molecule has 0 saturated carbocycles. The molecule has 2 aromatic rings. The summed E-state index contributed by atoms with van der Waals surface area (Å²) < 4.78 is 5.24. The van der Waals surface area contributed by atoms with Gasteiger partial charge in [-0.2, -0.15) is 0 Å². The number of halogens is 1. The van der Waals surface area contributed by atoms with Gasteiger partial charge in [0.05, 0.1) is 29.3 Å². The molecule has 2 aromatic carbocycles. The maximum Gasteiger partial charge on any atom is 0.319 e. The summed E-state index contributed by atoms with van der Waals surface area (Å²) in [5, 5.41) is 19.4. The van der Waals surface area contributed by atoms with Crippen molar-refractivity contribution in [3.8, 4) is 5.75 Å². The van der Waals surface area contributed by atoms with E-state index in [1.165, 1.54) is 31.4 Å². The number of nitro groups is 1. The fourth-order valence-corrected chi connectivity index (χ4v) is 3.20. The molecule has 0 aliphatic carbocycles. The second-order valence-corrected chi connectivity index (χ2v) is 6.66. The van der Waals surface area contributed by atoms with Crippen molar-refractivity contribution in [2.45, 2.75) is 13.0 Å². The Morgan fingerprint density at radius 1 is 1.28 bits per heavy atom. The lowest BCUT2D eigenvalue weighted by atomic mass is 9.94. The number of amides is 3. The molecule has 150 valence electrons. The number of allylic oxidation sites excluding steroid dienone is 1. The molecule has 1 unspecified atom stereocenters. The lowest BCUT2D eigenvalue weighted by Gasteiger charge is -2.28. The molecular weight excluding hydrogens is 400 g/mol. The third kappa shape index (κ3) is 4.30. The van der Waals surface area contributed by atoms with Crippen molar-refractivity contribution in [2.24, 2.45) is 0 Å². The summed E-state index contributed by atoms with van der Waals surface area (Å²) in [6.45, 7) is 1.58. The van der Waals surface area contributed by atoms with Crippen molar-refractivity contribution >= 4 is 34.9 Å². The van der Waals surface area contributed by atoms with E-state index in [0.29, 0.717) is 27.7 Å². The van der Waals surface area contributed by atoms with Crippen LogP contribution in [0.5, 0.6) is 5.75 Å². The molecule has 3 amide bonds. The fraction of sp³-hybridized carbons (Fsp3) is 0.158. The van der Waals surface area contributed by atoms with Crippen molar-refractivity contribution < 1.29 is 19.2 Å². The lowest BCUT2D eigenvalue weighted by molar-refractivity contribution is -0.384. The van der Waals surface area contributed by atoms with Crippen LogP contribution in [0.15, 0.2) is 53.7 Å². The van der Waals surface area contributed by atoms with Gasteiger partial charge in [-0.05, 0) is 30.7 Å². The monoisotopic (exact) mass is 416 g/mol. The molecule has 10 heteroatoms. The summed E-state index contributed by atoms with van der Waals surface area (Å²) in [6, 6.07) is 9.11. The van der Waals surface area contributed by atoms with E-state index in [2.05, 4.69) is 16.0 Å². The maximum atomic E-state index is 13.1. The van der Waals surface area contributed by atoms with Crippen LogP contribution in [0.3, 0.4) is 0 Å². The molecule has 0 radical (unpaired) electrons. The normalized spacial score (nSPS) is 16.0. The molecule has 0 saturated heterocycles. The fourth-order valence-electron chi connectivity index (χ4n) is 3.03. The highest BCUT2D eigenvalue weighted by molar-refractivity contribution is 6.31. The highest BCUT2D eigenvalue weighted by Gasteiger charge is 2.32. The van der Waals surface area contributed by atoms with E-state index < -0.39 is 22.9 Å². The largest absolute Gasteiger partial charge is 0.495 e. The molecule has 3 N–H and O–H groups in total. The number of ether oxygens (including phenoxy) is 1. The van der Waals surface area contributed by atoms with Crippen molar-refractivity contribution in [3.63, 3.8) is 0 Å². The third-order valence-corrected chi connectivity index (χ3v) is 4.57. The Morgan fingerprint density at radius 2 is 2.03 bits per heavy atom. The molecule has 1 atom stereocenters. The minimum Gasteiger partial charge on any atom is -0.495 e. The van der Waals surface area contributed by atoms with Crippen LogP contribution in [0.1, 0.15) is 18.5 Å². The van der Waals surface area contributed by atoms with Gasteiger partial charge in [0.2, 0.25) is 0 Å². The number of nitrogens with zero attached hydrogens (tertiary/aromatic N) is 1. The zero-order chi connectivity index (χ0) is 21.1. The Morgan fingerprint density at radius 3 is 2.72 bits per heavy atom. The molecule has 3 rings (SSSR count). The van der Waals surface area contributed by atoms with Gasteiger partial charge in [-0.15, -0.1) is 0 Å². The Kier molecular flexibility index (Phi) is 5.69. The number of carbonyl (C=O) groups excluding carboxylic acids is 2. The van der Waals surface area contributed by atoms with Gasteiger partial charge < -0.3 is 20.7 Å². The van der Waals surface area contributed by atoms with Crippen LogP contribution in [0.25, 0.3) is 0 Å². The van der Waals surface area contributed by atoms with E-state index in [9.17, 15) is 19.7 Å². The molecule has 9 nitrogen and oxygen atoms in total. The number of carbonyl (C=O) groups is 2. The molecule has 1 heterocycles. The quantitative estimate of drug-likeness (QED) is 0.508. The standard InChI is InChI=1S/C19H17ClN4O5/c1-10-16(18(25)22-14-9-12(20)6-7-15(14)29-2)17(23-19(26)21-10)11-4-3-5-13(8-11)24(27)28/h3-9,17H,1-2H3,(H,22,25)(H2,21,23,26). The van der Waals surface area contributed by atoms with Crippen molar-refractivity contribution in [3.05, 3.63) is 74.4 Å². The highest BCUT2D eigenvalue weighted by Crippen LogP contribution is 2.32. The smallest absolute Gasteiger partial charge is 0.319 e. The summed E-state index contributed by atoms with van der Waals surface area (Å²) in [4.78, 5) is 35.6. The number of urea groups is 1. The zero-order valence-electron chi connectivity index (χ0n) is 15.5. The van der Waals surface area contributed by atoms with Crippen LogP contribution >= 0.6 is 11.6 Å². The zero-order valence-corrected chi connectivity index (χ0v) is 16.2. The van der Waals surface area contributed by atoms with Gasteiger partial charge >= 0.3 is 6.03 Å². The topological polar surface area (TPSA) is 123 Å². The number of methoxy groups -OCH3 is 1. The summed E-state index contributed by atoms with van der Waals surface area (Å²) >= 11 is 6.01. The Balaban J connectivity index is 2.00. The average molecular weight is 417 g/mol. The number of nitrogens with one attached hydrogen (secondary N) is 3. The first-order chi connectivity index (χ1) is 13.8. The first-order valence-corrected chi connectivity index (χ1v) is 8.85. The van der Waals surface area contributed by atoms with E-state index in [4.69, 9.17) is 16.3 Å². The van der Waals surface area contributed by atoms with E-state index in [0.717, 1.165) is 0 Å². The first-order valence-electron chi connectivity index (χ1n) is 8.47. The molecule has 0 spiro atoms. The number of hydrogen-bond donors (Lipinski definition) is 3. The van der Waals surface area contributed by atoms with Gasteiger partial charge in [0.15, 0.2) is 0 Å². The number of nitro benzene ring substituents is 1. The van der Waals surface area contributed by atoms with E-state index in [1.807, 2.05) is 0 Å². The third-order valence-electron chi connectivity index (χ3n) is 4.34. The van der Waals surface area contributed by atoms with Gasteiger partial charge in [0.1, 0.15) is 5.75 Å². The molecule has 1 aliphatic rings. The van der Waals surface area contributed by atoms with Gasteiger partial charge in [0.25, 0.3) is 11.6 Å². The number of hydrogen-bond acceptors (Lipinski definition) is 5. The summed E-state index contributed by atoms with van der Waals surface area (Å²) in [7, 11) is 1.46. The van der Waals surface area contributed by atoms with Crippen LogP contribution in [0.2, 0.25) is 5.02 Å². The van der Waals surface area contributed by atoms with Gasteiger partial charge in [-0.25, -0.2) is 4.79 Å². The van der Waals surface area contributed by atoms with Crippen molar-refractivity contribution in [1.82, 2.24) is 10.6 Å². The van der Waals surface area contributed by atoms with E-state index in [1.54, 1.807) is 25.1 Å². The van der Waals surface area contributed by atoms with Crippen LogP contribution in [-0.4, -0.2) is 24.0 Å². The lowest BCUT2D eigenvalue weighted by Crippen LogP contribution is -2.46. The van der Waals surface area contributed by atoms with Crippen LogP contribution in [0, 0.1) is 10.1 Å². The minimum atomic E-state index is -0.881. The minimum absolute atomic E-state index is 0.149. The number of rotatable bonds is 5. The molecule has 29 heavy (non-hydrogen) atoms. The Labute approximate surface area is 170 Å². The number of non-ortho nitro benzene ring substituents is 1. The van der Waals surface area contributed by atoms with Crippen molar-refractivity contribution in [2.75, 3.05) is 12.4 Å². The van der Waals surface area contributed by atoms with Crippen LogP contribution < -0.4 is 20.7 Å². The van der Waals surface area contributed by atoms with Crippen LogP contribution in [-0.2, 0) is 4.79 Å². The predicted octanol–water partition coefficient (Wildman–Crippen LogP) is 3.52. The Hall–Kier alpha value is -3.59. The molecular formula is C19H17ClN4O5. The average Bonchev–Trinajstić information content (AvgIpc) is 2.67. The van der Waals surface area contributed by atoms with E-state index >= 15 is 0 Å². The predicted molar refractivity (Wildman–Crippen MR) is 107 cm³/mol. The Bertz CT molecular complexity index is 1040. The molecule has 0 aromatic heterocycles. The maximum absolute atomic E-state index is 13.1. The van der Waals surface area contributed by atoms with Gasteiger partial charge in [-0.3, -0.25) is 14.9 Å². The second-order valence-electron chi connectivity index (χ2n) is 6.22. The summed E-state index contributed by atoms with van der Waals surface area (Å²) in [5.74, 6) is -0.118. The second kappa shape index (κ2) is 8.19. The van der Waals surface area contributed by atoms with Crippen molar-refractivity contribution in [1.29, 1.82) is 0 Å². The van der Waals surface area contributed by atoms with Gasteiger partial charge in [-0.1, -0.05) is 23.7 Å². The number of benzene rings is 2. The summed E-state index contributed by atoms with van der Waals surface area (Å²) in [6.07, 6.45) is 0. The SMILES string of the molecule is COc1ccc(Cl)cc1NC(=O)C1=C(C)NC(=O)NC1c1cccc([N+](=O)[O-])c1. The molecule has 1 aliphatic heterocycles. The first kappa shape index (κ1) is 20.2. The summed E-state index contributed by atoms with van der Waals surface area (Å²) in [5.41, 5.74) is 1.12. The molecule has 0 bridgehead atoms. The number of anilines is 1. The van der Waals surface area contributed by atoms with E-state index in [-0.39, 0.29) is 11.3 Å². The highest BCUT2D eigenvalue weighted by atomic mass is 35.5.